The van der Waals surface area contributed by atoms with Gasteiger partial charge in [-0.25, -0.2) is 9.37 Å². The monoisotopic (exact) mass is 261 g/mol. The highest BCUT2D eigenvalue weighted by Crippen LogP contribution is 2.32. The lowest BCUT2D eigenvalue weighted by Gasteiger charge is -2.07. The van der Waals surface area contributed by atoms with Crippen molar-refractivity contribution in [3.05, 3.63) is 36.5 Å². The number of nitrogen functional groups attached to an aromatic ring is 1. The van der Waals surface area contributed by atoms with Crippen molar-refractivity contribution in [1.82, 2.24) is 19.9 Å². The fraction of sp³-hybridized carbons (Fsp3) is 0. The Balaban J connectivity index is 2.02. The maximum absolute atomic E-state index is 13.6. The molecule has 0 bridgehead atoms. The number of nitrogens with two attached hydrogens (primary N) is 1. The summed E-state index contributed by atoms with van der Waals surface area (Å²) in [7, 11) is 0. The fourth-order valence-electron chi connectivity index (χ4n) is 1.60. The number of rotatable bonds is 2. The van der Waals surface area contributed by atoms with Gasteiger partial charge in [-0.15, -0.1) is 10.2 Å². The number of ether oxygens (including phenoxy) is 1. The van der Waals surface area contributed by atoms with E-state index in [0.717, 1.165) is 12.4 Å². The molecule has 3 N–H and O–H groups in total. The number of anilines is 1. The second kappa shape index (κ2) is 4.09. The summed E-state index contributed by atoms with van der Waals surface area (Å²) in [5, 5.41) is 17.1. The van der Waals surface area contributed by atoms with E-state index >= 15 is 0 Å². The third-order valence-corrected chi connectivity index (χ3v) is 2.46. The van der Waals surface area contributed by atoms with E-state index < -0.39 is 5.82 Å². The zero-order chi connectivity index (χ0) is 13.4. The molecule has 19 heavy (non-hydrogen) atoms. The molecule has 0 aromatic heterocycles. The van der Waals surface area contributed by atoms with Gasteiger partial charge in [0.15, 0.2) is 17.3 Å². The summed E-state index contributed by atoms with van der Waals surface area (Å²) in [6.45, 7) is 0. The summed E-state index contributed by atoms with van der Waals surface area (Å²) >= 11 is 0. The summed E-state index contributed by atoms with van der Waals surface area (Å²) in [6.07, 6.45) is 2.55. The van der Waals surface area contributed by atoms with E-state index in [2.05, 4.69) is 15.2 Å². The molecule has 0 amide bonds. The molecular formula is C11H8FN5O2. The minimum atomic E-state index is -0.630. The maximum Gasteiger partial charge on any atom is 0.269 e. The van der Waals surface area contributed by atoms with Crippen LogP contribution in [0.2, 0.25) is 0 Å². The number of nitrogens with zero attached hydrogens (tertiary/aromatic N) is 4. The molecule has 2 heterocycles. The Labute approximate surface area is 106 Å². The van der Waals surface area contributed by atoms with E-state index in [1.165, 1.54) is 18.3 Å². The molecule has 0 saturated heterocycles. The van der Waals surface area contributed by atoms with E-state index in [4.69, 9.17) is 10.5 Å². The molecule has 0 spiro atoms. The van der Waals surface area contributed by atoms with Crippen molar-refractivity contribution in [2.24, 2.45) is 0 Å². The van der Waals surface area contributed by atoms with Crippen LogP contribution in [0.1, 0.15) is 0 Å². The molecule has 0 aliphatic carbocycles. The van der Waals surface area contributed by atoms with Crippen LogP contribution in [0.5, 0.6) is 11.6 Å². The second-order valence-corrected chi connectivity index (χ2v) is 3.77. The van der Waals surface area contributed by atoms with Crippen molar-refractivity contribution in [3.8, 4) is 23.0 Å². The number of hydrogen-bond acceptors (Lipinski definition) is 6. The standard InChI is InChI=1S/C11H8FN5O2/c12-7-3-6(13)1-2-9(7)19-11-10-8(15-16-11)4-14-5-17(10)18/h1-5,18H,13H2. The van der Waals surface area contributed by atoms with Crippen LogP contribution in [-0.4, -0.2) is 25.1 Å². The molecule has 2 aliphatic rings. The first-order valence-corrected chi connectivity index (χ1v) is 5.26. The van der Waals surface area contributed by atoms with Gasteiger partial charge in [0.05, 0.1) is 6.20 Å². The first-order chi connectivity index (χ1) is 9.15. The number of benzene rings is 1. The largest absolute Gasteiger partial charge is 0.433 e. The number of halogens is 1. The average Bonchev–Trinajstić information content (AvgIpc) is 2.77. The predicted molar refractivity (Wildman–Crippen MR) is 62.5 cm³/mol. The smallest absolute Gasteiger partial charge is 0.269 e. The van der Waals surface area contributed by atoms with Gasteiger partial charge in [-0.3, -0.25) is 0 Å². The SMILES string of the molecule is Nc1ccc(Oc2nnc3cncn(O)c2-3)c(F)c1. The number of hydrogen-bond donors (Lipinski definition) is 2. The average molecular weight is 261 g/mol. The van der Waals surface area contributed by atoms with Crippen molar-refractivity contribution in [3.63, 3.8) is 0 Å². The van der Waals surface area contributed by atoms with Crippen LogP contribution in [0, 0.1) is 5.82 Å². The third-order valence-electron chi connectivity index (χ3n) is 2.46. The summed E-state index contributed by atoms with van der Waals surface area (Å²) in [4.78, 5) is 3.73. The van der Waals surface area contributed by atoms with E-state index in [9.17, 15) is 9.60 Å². The van der Waals surface area contributed by atoms with Gasteiger partial charge in [0.2, 0.25) is 0 Å². The summed E-state index contributed by atoms with van der Waals surface area (Å²) in [5.41, 5.74) is 6.25. The third kappa shape index (κ3) is 1.88. The van der Waals surface area contributed by atoms with Crippen LogP contribution in [0.4, 0.5) is 10.1 Å². The molecule has 0 saturated carbocycles. The van der Waals surface area contributed by atoms with Crippen molar-refractivity contribution >= 4 is 5.69 Å². The van der Waals surface area contributed by atoms with Crippen LogP contribution in [0.25, 0.3) is 11.4 Å². The molecule has 0 atom stereocenters. The van der Waals surface area contributed by atoms with Gasteiger partial charge in [-0.05, 0) is 12.1 Å². The second-order valence-electron chi connectivity index (χ2n) is 3.77. The lowest BCUT2D eigenvalue weighted by molar-refractivity contribution is 0.183. The van der Waals surface area contributed by atoms with E-state index in [0.29, 0.717) is 10.4 Å². The van der Waals surface area contributed by atoms with Crippen molar-refractivity contribution in [1.29, 1.82) is 0 Å². The number of fused-ring (bicyclic) bond motifs is 1. The van der Waals surface area contributed by atoms with Crippen LogP contribution < -0.4 is 10.5 Å². The van der Waals surface area contributed by atoms with Crippen molar-refractivity contribution in [2.75, 3.05) is 5.73 Å². The van der Waals surface area contributed by atoms with E-state index in [1.54, 1.807) is 0 Å². The zero-order valence-electron chi connectivity index (χ0n) is 9.49. The van der Waals surface area contributed by atoms with Gasteiger partial charge in [-0.1, -0.05) is 0 Å². The molecule has 8 heteroatoms. The van der Waals surface area contributed by atoms with E-state index in [1.807, 2.05) is 0 Å². The zero-order valence-corrected chi connectivity index (χ0v) is 9.49. The molecule has 0 unspecified atom stereocenters. The summed E-state index contributed by atoms with van der Waals surface area (Å²) < 4.78 is 19.6. The van der Waals surface area contributed by atoms with Crippen LogP contribution >= 0.6 is 0 Å². The molecule has 0 radical (unpaired) electrons. The summed E-state index contributed by atoms with van der Waals surface area (Å²) in [6, 6.07) is 3.99. The Kier molecular flexibility index (Phi) is 2.41. The Morgan fingerprint density at radius 2 is 2.16 bits per heavy atom. The quantitative estimate of drug-likeness (QED) is 0.536. The lowest BCUT2D eigenvalue weighted by Crippen LogP contribution is -2.00. The minimum absolute atomic E-state index is 0.0245. The van der Waals surface area contributed by atoms with Gasteiger partial charge in [0, 0.05) is 11.8 Å². The highest BCUT2D eigenvalue weighted by atomic mass is 19.1. The van der Waals surface area contributed by atoms with Crippen molar-refractivity contribution < 1.29 is 14.3 Å². The highest BCUT2D eigenvalue weighted by Gasteiger charge is 2.20. The van der Waals surface area contributed by atoms with Gasteiger partial charge in [0.1, 0.15) is 12.0 Å². The normalized spacial score (nSPS) is 10.8. The molecule has 1 aromatic carbocycles. The fourth-order valence-corrected chi connectivity index (χ4v) is 1.60. The van der Waals surface area contributed by atoms with Gasteiger partial charge < -0.3 is 15.7 Å². The molecule has 1 aromatic rings. The first-order valence-electron chi connectivity index (χ1n) is 5.26. The number of aromatic nitrogens is 4. The molecule has 7 nitrogen and oxygen atoms in total. The van der Waals surface area contributed by atoms with Gasteiger partial charge in [-0.2, -0.15) is 4.73 Å². The minimum Gasteiger partial charge on any atom is -0.433 e. The van der Waals surface area contributed by atoms with Gasteiger partial charge >= 0.3 is 0 Å². The Morgan fingerprint density at radius 3 is 2.95 bits per heavy atom. The topological polar surface area (TPSA) is 99.1 Å². The summed E-state index contributed by atoms with van der Waals surface area (Å²) in [5.74, 6) is -0.717. The van der Waals surface area contributed by atoms with Crippen LogP contribution in [-0.2, 0) is 0 Å². The van der Waals surface area contributed by atoms with E-state index in [-0.39, 0.29) is 23.0 Å². The van der Waals surface area contributed by atoms with Gasteiger partial charge in [0.25, 0.3) is 5.88 Å². The van der Waals surface area contributed by atoms with Crippen LogP contribution in [0.15, 0.2) is 30.7 Å². The maximum atomic E-state index is 13.6. The van der Waals surface area contributed by atoms with Crippen LogP contribution in [0.3, 0.4) is 0 Å². The Morgan fingerprint density at radius 1 is 1.32 bits per heavy atom. The molecule has 2 aliphatic heterocycles. The Bertz CT molecular complexity index is 714. The highest BCUT2D eigenvalue weighted by molar-refractivity contribution is 5.61. The molecular weight excluding hydrogens is 253 g/mol. The first kappa shape index (κ1) is 11.2. The molecule has 3 rings (SSSR count). The molecule has 96 valence electrons. The predicted octanol–water partition coefficient (Wildman–Crippen LogP) is 1.53. The van der Waals surface area contributed by atoms with Crippen molar-refractivity contribution in [2.45, 2.75) is 0 Å². The lowest BCUT2D eigenvalue weighted by atomic mass is 10.3. The molecule has 0 fully saturated rings. The Hall–Kier alpha value is -2.90.